The molecule has 0 amide bonds. The molecule has 1 aliphatic heterocycles. The summed E-state index contributed by atoms with van der Waals surface area (Å²) in [5.74, 6) is 6.01. The van der Waals surface area contributed by atoms with E-state index >= 15 is 0 Å². The van der Waals surface area contributed by atoms with Crippen LogP contribution in [-0.4, -0.2) is 4.68 Å². The van der Waals surface area contributed by atoms with Crippen LogP contribution in [0, 0.1) is 13.8 Å². The number of hydrogen-bond acceptors (Lipinski definition) is 5. The smallest absolute Gasteiger partial charge is 0.370 e. The summed E-state index contributed by atoms with van der Waals surface area (Å²) in [6, 6.07) is 9.64. The summed E-state index contributed by atoms with van der Waals surface area (Å²) in [6.45, 7) is 3.86. The molecule has 0 aliphatic carbocycles. The fourth-order valence-electron chi connectivity index (χ4n) is 2.96. The predicted octanol–water partition coefficient (Wildman–Crippen LogP) is 1.39. The summed E-state index contributed by atoms with van der Waals surface area (Å²) < 4.78 is 2.81. The molecule has 2 atom stereocenters. The molecule has 2 N–H and O–H groups in total. The standard InChI is InChI=1S/C16H15N3O2S2/c1-8-9(2)22-15-11(8)13(20)19(17)16-18(15)14(21)12(23-16)10-6-4-3-5-7-10/h3-7,12,14H,17H2,1-2H3. The molecule has 5 nitrogen and oxygen atoms in total. The number of nitrogens with zero attached hydrogens (tertiary/aromatic N) is 2. The quantitative estimate of drug-likeness (QED) is 0.411. The van der Waals surface area contributed by atoms with Crippen molar-refractivity contribution in [2.75, 3.05) is 5.84 Å². The first-order valence-electron chi connectivity index (χ1n) is 7.23. The van der Waals surface area contributed by atoms with Gasteiger partial charge in [-0.2, -0.15) is 0 Å². The van der Waals surface area contributed by atoms with Gasteiger partial charge in [-0.25, -0.2) is 9.36 Å². The highest BCUT2D eigenvalue weighted by atomic mass is 32.2. The van der Waals surface area contributed by atoms with Gasteiger partial charge in [0.1, 0.15) is 5.39 Å². The fraction of sp³-hybridized carbons (Fsp3) is 0.250. The van der Waals surface area contributed by atoms with Crippen LogP contribution in [0.2, 0.25) is 0 Å². The highest BCUT2D eigenvalue weighted by Crippen LogP contribution is 2.44. The Balaban J connectivity index is 2.00. The van der Waals surface area contributed by atoms with E-state index in [4.69, 9.17) is 5.84 Å². The van der Waals surface area contributed by atoms with E-state index in [2.05, 4.69) is 0 Å². The van der Waals surface area contributed by atoms with Gasteiger partial charge in [0.05, 0.1) is 5.25 Å². The van der Waals surface area contributed by atoms with Gasteiger partial charge >= 0.3 is 10.7 Å². The van der Waals surface area contributed by atoms with Crippen LogP contribution >= 0.6 is 23.1 Å². The lowest BCUT2D eigenvalue weighted by Crippen LogP contribution is -2.51. The molecular formula is C16H15N3O2S2. The number of nitrogens with two attached hydrogens (primary N) is 1. The van der Waals surface area contributed by atoms with E-state index in [1.165, 1.54) is 23.1 Å². The second-order valence-electron chi connectivity index (χ2n) is 5.63. The molecule has 0 saturated carbocycles. The third-order valence-corrected chi connectivity index (χ3v) is 6.87. The molecule has 0 spiro atoms. The number of aryl methyl sites for hydroxylation is 2. The maximum atomic E-state index is 13.1. The number of nitrogen functional groups attached to an aromatic ring is 1. The molecule has 1 aromatic carbocycles. The summed E-state index contributed by atoms with van der Waals surface area (Å²) in [5, 5.41) is 13.9. The molecular weight excluding hydrogens is 330 g/mol. The average Bonchev–Trinajstić information content (AvgIpc) is 3.04. The monoisotopic (exact) mass is 345 g/mol. The molecule has 7 heteroatoms. The van der Waals surface area contributed by atoms with Crippen molar-refractivity contribution in [1.29, 1.82) is 0 Å². The lowest BCUT2D eigenvalue weighted by molar-refractivity contribution is -0.852. The van der Waals surface area contributed by atoms with E-state index < -0.39 is 6.23 Å². The van der Waals surface area contributed by atoms with Crippen molar-refractivity contribution in [1.82, 2.24) is 4.68 Å². The molecule has 0 fully saturated rings. The Bertz CT molecular complexity index is 979. The second kappa shape index (κ2) is 5.09. The number of fused-ring (bicyclic) bond motifs is 3. The lowest BCUT2D eigenvalue weighted by atomic mass is 10.1. The van der Waals surface area contributed by atoms with Crippen molar-refractivity contribution >= 4 is 33.3 Å². The Hall–Kier alpha value is -1.83. The van der Waals surface area contributed by atoms with Crippen molar-refractivity contribution in [3.8, 4) is 0 Å². The zero-order valence-corrected chi connectivity index (χ0v) is 14.3. The van der Waals surface area contributed by atoms with E-state index in [0.717, 1.165) is 25.5 Å². The molecule has 0 radical (unpaired) electrons. The Morgan fingerprint density at radius 1 is 1.26 bits per heavy atom. The van der Waals surface area contributed by atoms with Gasteiger partial charge in [0.15, 0.2) is 4.83 Å². The van der Waals surface area contributed by atoms with Gasteiger partial charge in [-0.1, -0.05) is 46.3 Å². The summed E-state index contributed by atoms with van der Waals surface area (Å²) in [4.78, 5) is 14.4. The minimum Gasteiger partial charge on any atom is -0.817 e. The van der Waals surface area contributed by atoms with Crippen molar-refractivity contribution < 1.29 is 9.67 Å². The molecule has 4 rings (SSSR count). The van der Waals surface area contributed by atoms with Crippen LogP contribution in [0.1, 0.15) is 27.5 Å². The van der Waals surface area contributed by atoms with Gasteiger partial charge in [0.2, 0.25) is 0 Å². The van der Waals surface area contributed by atoms with Gasteiger partial charge in [0.25, 0.3) is 0 Å². The first-order chi connectivity index (χ1) is 11.0. The van der Waals surface area contributed by atoms with Crippen LogP contribution in [0.15, 0.2) is 40.3 Å². The highest BCUT2D eigenvalue weighted by Gasteiger charge is 2.39. The number of thiophene rings is 1. The van der Waals surface area contributed by atoms with Gasteiger partial charge in [-0.05, 0) is 36.7 Å². The number of benzene rings is 1. The molecule has 0 saturated heterocycles. The Morgan fingerprint density at radius 2 is 1.96 bits per heavy atom. The predicted molar refractivity (Wildman–Crippen MR) is 90.0 cm³/mol. The van der Waals surface area contributed by atoms with E-state index in [0.29, 0.717) is 10.5 Å². The van der Waals surface area contributed by atoms with E-state index in [1.807, 2.05) is 44.2 Å². The molecule has 2 unspecified atom stereocenters. The van der Waals surface area contributed by atoms with E-state index in [1.54, 1.807) is 4.57 Å². The van der Waals surface area contributed by atoms with E-state index in [9.17, 15) is 9.90 Å². The van der Waals surface area contributed by atoms with Crippen LogP contribution in [0.5, 0.6) is 0 Å². The van der Waals surface area contributed by atoms with E-state index in [-0.39, 0.29) is 10.8 Å². The fourth-order valence-corrected chi connectivity index (χ4v) is 5.46. The van der Waals surface area contributed by atoms with Crippen molar-refractivity contribution in [2.24, 2.45) is 0 Å². The van der Waals surface area contributed by atoms with Gasteiger partial charge in [-0.3, -0.25) is 5.84 Å². The van der Waals surface area contributed by atoms with Crippen molar-refractivity contribution in [3.05, 3.63) is 56.7 Å². The zero-order chi connectivity index (χ0) is 16.3. The summed E-state index contributed by atoms with van der Waals surface area (Å²) >= 11 is 2.85. The Kier molecular flexibility index (Phi) is 3.26. The molecule has 3 heterocycles. The molecule has 0 bridgehead atoms. The third kappa shape index (κ3) is 1.97. The van der Waals surface area contributed by atoms with Crippen LogP contribution in [-0.2, 0) is 0 Å². The van der Waals surface area contributed by atoms with Crippen molar-refractivity contribution in [3.63, 3.8) is 0 Å². The number of thioether (sulfide) groups is 1. The maximum absolute atomic E-state index is 13.1. The average molecular weight is 345 g/mol. The van der Waals surface area contributed by atoms with Gasteiger partial charge < -0.3 is 5.11 Å². The molecule has 1 aliphatic rings. The van der Waals surface area contributed by atoms with Crippen LogP contribution in [0.4, 0.5) is 0 Å². The molecule has 23 heavy (non-hydrogen) atoms. The maximum Gasteiger partial charge on any atom is 0.370 e. The largest absolute Gasteiger partial charge is 0.817 e. The SMILES string of the molecule is Cc1sc2c(c1C)c(=O)n(N)c1[n+]2C([O-])C(c2ccccc2)S1. The lowest BCUT2D eigenvalue weighted by Gasteiger charge is -2.21. The zero-order valence-electron chi connectivity index (χ0n) is 12.6. The molecule has 2 aromatic heterocycles. The first-order valence-corrected chi connectivity index (χ1v) is 8.93. The minimum absolute atomic E-state index is 0.235. The summed E-state index contributed by atoms with van der Waals surface area (Å²) in [6.07, 6.45) is -1.01. The topological polar surface area (TPSA) is 75.0 Å². The number of aromatic nitrogens is 2. The number of rotatable bonds is 1. The highest BCUT2D eigenvalue weighted by molar-refractivity contribution is 7.99. The van der Waals surface area contributed by atoms with Crippen LogP contribution < -0.4 is 21.1 Å². The first kappa shape index (κ1) is 14.7. The molecule has 3 aromatic rings. The van der Waals surface area contributed by atoms with Crippen molar-refractivity contribution in [2.45, 2.75) is 30.5 Å². The van der Waals surface area contributed by atoms with Crippen LogP contribution in [0.3, 0.4) is 0 Å². The normalized spacial score (nSPS) is 20.1. The number of hydrogen-bond donors (Lipinski definition) is 1. The summed E-state index contributed by atoms with van der Waals surface area (Å²) in [7, 11) is 0. The Morgan fingerprint density at radius 3 is 2.65 bits per heavy atom. The minimum atomic E-state index is -1.01. The van der Waals surface area contributed by atoms with Gasteiger partial charge in [-0.15, -0.1) is 0 Å². The third-order valence-electron chi connectivity index (χ3n) is 4.30. The Labute approximate surface area is 141 Å². The van der Waals surface area contributed by atoms with Crippen LogP contribution in [0.25, 0.3) is 10.2 Å². The second-order valence-corrected chi connectivity index (χ2v) is 7.94. The molecule has 118 valence electrons. The summed E-state index contributed by atoms with van der Waals surface area (Å²) in [5.41, 5.74) is 1.62. The van der Waals surface area contributed by atoms with Gasteiger partial charge in [0, 0.05) is 11.1 Å².